The van der Waals surface area contributed by atoms with Crippen molar-refractivity contribution in [1.82, 2.24) is 30.0 Å². The van der Waals surface area contributed by atoms with Crippen LogP contribution in [0.4, 0.5) is 5.13 Å². The van der Waals surface area contributed by atoms with Crippen LogP contribution >= 0.6 is 34.9 Å². The van der Waals surface area contributed by atoms with E-state index in [1.165, 1.54) is 31.3 Å². The molecule has 0 radical (unpaired) electrons. The van der Waals surface area contributed by atoms with E-state index in [2.05, 4.69) is 25.5 Å². The third-order valence-electron chi connectivity index (χ3n) is 4.96. The summed E-state index contributed by atoms with van der Waals surface area (Å²) in [5, 5.41) is 34.1. The summed E-state index contributed by atoms with van der Waals surface area (Å²) in [7, 11) is 2.66. The van der Waals surface area contributed by atoms with Gasteiger partial charge in [0.15, 0.2) is 16.0 Å². The Morgan fingerprint density at radius 2 is 2.05 bits per heavy atom. The van der Waals surface area contributed by atoms with E-state index in [1.807, 2.05) is 0 Å². The molecule has 0 bridgehead atoms. The fourth-order valence-electron chi connectivity index (χ4n) is 3.39. The minimum absolute atomic E-state index is 0. The molecule has 2 atom stereocenters. The molecule has 15 nitrogen and oxygen atoms in total. The number of nitrogens with two attached hydrogens (primary N) is 1. The number of nitrogens with one attached hydrogen (secondary N) is 1. The normalized spacial score (nSPS) is 18.5. The number of aromatic nitrogens is 4. The number of rotatable bonds is 8. The number of fused-ring (bicyclic) bond motifs is 1. The van der Waals surface area contributed by atoms with Gasteiger partial charge in [-0.15, -0.1) is 23.1 Å². The first-order valence-corrected chi connectivity index (χ1v) is 12.8. The average molecular weight is 599 g/mol. The summed E-state index contributed by atoms with van der Waals surface area (Å²) < 4.78 is 1.11. The number of thioether (sulfide) groups is 2. The predicted molar refractivity (Wildman–Crippen MR) is 125 cm³/mol. The summed E-state index contributed by atoms with van der Waals surface area (Å²) in [4.78, 5) is 62.5. The summed E-state index contributed by atoms with van der Waals surface area (Å²) in [6, 6.07) is -1.03. The first-order chi connectivity index (χ1) is 17.1. The Morgan fingerprint density at radius 1 is 1.34 bits per heavy atom. The molecule has 1 saturated heterocycles. The Morgan fingerprint density at radius 3 is 2.66 bits per heavy atom. The van der Waals surface area contributed by atoms with Gasteiger partial charge in [0.05, 0.1) is 17.5 Å². The molecule has 2 aromatic rings. The molecular formula is C18H16N8Na2O7S3. The minimum Gasteiger partial charge on any atom is -0.854 e. The number of hydrogen-bond donors (Lipinski definition) is 2. The van der Waals surface area contributed by atoms with Crippen LogP contribution < -0.4 is 85.9 Å². The number of oxime groups is 1. The molecule has 0 aliphatic carbocycles. The molecule has 20 heteroatoms. The number of carboxylic acids is 1. The van der Waals surface area contributed by atoms with Crippen LogP contribution in [-0.2, 0) is 26.3 Å². The smallest absolute Gasteiger partial charge is 0.854 e. The molecule has 190 valence electrons. The molecule has 2 amide bonds. The third-order valence-corrected chi connectivity index (χ3v) is 8.08. The maximum Gasteiger partial charge on any atom is 1.00 e. The van der Waals surface area contributed by atoms with E-state index in [4.69, 9.17) is 10.6 Å². The topological polar surface area (TPSA) is 221 Å². The van der Waals surface area contributed by atoms with Gasteiger partial charge in [-0.25, -0.2) is 9.67 Å². The number of nitrogen functional groups attached to an aromatic ring is 1. The number of carbonyl (C=O) groups is 3. The Kier molecular flexibility index (Phi) is 11.7. The quantitative estimate of drug-likeness (QED) is 0.0949. The van der Waals surface area contributed by atoms with Gasteiger partial charge in [0.25, 0.3) is 17.4 Å². The Hall–Kier alpha value is -1.64. The fraction of sp³-hybridized carbons (Fsp3) is 0.333. The van der Waals surface area contributed by atoms with E-state index in [9.17, 15) is 29.4 Å². The Balaban J connectivity index is 0.00000253. The Labute approximate surface area is 271 Å². The number of hydrogen-bond acceptors (Lipinski definition) is 15. The zero-order chi connectivity index (χ0) is 26.1. The van der Waals surface area contributed by atoms with Gasteiger partial charge in [0, 0.05) is 23.9 Å². The molecule has 4 rings (SSSR count). The largest absolute Gasteiger partial charge is 1.00 e. The van der Waals surface area contributed by atoms with Gasteiger partial charge in [-0.05, 0) is 5.57 Å². The van der Waals surface area contributed by atoms with Crippen LogP contribution in [0.1, 0.15) is 5.69 Å². The number of amides is 2. The molecule has 2 aromatic heterocycles. The Bertz CT molecular complexity index is 1380. The van der Waals surface area contributed by atoms with Crippen LogP contribution in [0.3, 0.4) is 0 Å². The van der Waals surface area contributed by atoms with E-state index in [-0.39, 0.29) is 98.0 Å². The first kappa shape index (κ1) is 32.6. The maximum absolute atomic E-state index is 12.9. The van der Waals surface area contributed by atoms with Crippen molar-refractivity contribution < 1.29 is 88.5 Å². The number of aryl methyl sites for hydroxylation is 1. The molecule has 2 aliphatic rings. The summed E-state index contributed by atoms with van der Waals surface area (Å²) in [5.74, 6) is -3.74. The number of anilines is 1. The number of carbonyl (C=O) groups excluding carboxylic acids is 3. The second-order valence-electron chi connectivity index (χ2n) is 7.21. The molecule has 0 aromatic carbocycles. The number of thiazole rings is 1. The van der Waals surface area contributed by atoms with Gasteiger partial charge in [0.2, 0.25) is 0 Å². The van der Waals surface area contributed by atoms with E-state index in [0.717, 1.165) is 32.7 Å². The summed E-state index contributed by atoms with van der Waals surface area (Å²) in [6.07, 6.45) is 0. The number of aliphatic carboxylic acids is 1. The molecule has 4 heterocycles. The molecular weight excluding hydrogens is 582 g/mol. The number of β-lactam (4-membered cyclic amide) rings is 1. The van der Waals surface area contributed by atoms with Crippen molar-refractivity contribution >= 4 is 63.5 Å². The number of nitrogens with zero attached hydrogens (tertiary/aromatic N) is 6. The van der Waals surface area contributed by atoms with E-state index < -0.39 is 40.6 Å². The first-order valence-electron chi connectivity index (χ1n) is 9.89. The molecule has 0 unspecified atom stereocenters. The second kappa shape index (κ2) is 13.6. The molecule has 2 aliphatic heterocycles. The van der Waals surface area contributed by atoms with Crippen molar-refractivity contribution in [2.45, 2.75) is 16.6 Å². The van der Waals surface area contributed by atoms with E-state index in [1.54, 1.807) is 0 Å². The van der Waals surface area contributed by atoms with Crippen molar-refractivity contribution in [1.29, 1.82) is 0 Å². The van der Waals surface area contributed by atoms with E-state index in [0.29, 0.717) is 5.57 Å². The van der Waals surface area contributed by atoms with Crippen LogP contribution in [0.2, 0.25) is 0 Å². The molecule has 38 heavy (non-hydrogen) atoms. The second-order valence-corrected chi connectivity index (χ2v) is 10.1. The minimum atomic E-state index is -1.57. The average Bonchev–Trinajstić information content (AvgIpc) is 3.27. The predicted octanol–water partition coefficient (Wildman–Crippen LogP) is -9.16. The van der Waals surface area contributed by atoms with Gasteiger partial charge in [-0.1, -0.05) is 16.9 Å². The molecule has 0 spiro atoms. The SMILES string of the molecule is CON=C(C(=O)N[C@@H]1C(=O)N2C(C(=O)[O-])=C(CSc3nc(=O)c([O-])nn3C)CS[C@H]12)c1csc(N)n1.[Na+].[Na+]. The standard InChI is InChI=1S/C18H18N8O7S3.2Na/c1-25-18(22-12(28)13(29)23-25)36-4-6-3-34-15-9(14(30)26(15)10(6)16(31)32)21-11(27)8(24-33-2)7-5-35-17(19)20-7;;/h5,9,15H,3-4H2,1-2H3,(H2,19,20)(H,21,27)(H,23,29)(H,31,32);;/q;2*+1/p-2/t9-,15-;;/m1../s1. The zero-order valence-corrected chi connectivity index (χ0v) is 26.9. The van der Waals surface area contributed by atoms with Crippen LogP contribution in [0.5, 0.6) is 5.88 Å². The van der Waals surface area contributed by atoms with Crippen LogP contribution in [0.25, 0.3) is 0 Å². The maximum atomic E-state index is 12.9. The van der Waals surface area contributed by atoms with Crippen molar-refractivity contribution in [3.63, 3.8) is 0 Å². The van der Waals surface area contributed by atoms with Crippen LogP contribution in [-0.4, -0.2) is 78.2 Å². The summed E-state index contributed by atoms with van der Waals surface area (Å²) >= 11 is 3.31. The zero-order valence-electron chi connectivity index (χ0n) is 20.5. The van der Waals surface area contributed by atoms with Gasteiger partial charge in [-0.2, -0.15) is 10.1 Å². The van der Waals surface area contributed by atoms with Crippen molar-refractivity contribution in [3.8, 4) is 5.88 Å². The molecule has 0 saturated carbocycles. The monoisotopic (exact) mass is 598 g/mol. The fourth-order valence-corrected chi connectivity index (χ4v) is 6.33. The van der Waals surface area contributed by atoms with Crippen molar-refractivity contribution in [2.24, 2.45) is 12.2 Å². The van der Waals surface area contributed by atoms with Gasteiger partial charge in [-0.3, -0.25) is 19.3 Å². The summed E-state index contributed by atoms with van der Waals surface area (Å²) in [6.45, 7) is 0. The van der Waals surface area contributed by atoms with Gasteiger partial charge in [0.1, 0.15) is 24.2 Å². The van der Waals surface area contributed by atoms with E-state index >= 15 is 0 Å². The van der Waals surface area contributed by atoms with Crippen molar-refractivity contribution in [2.75, 3.05) is 24.3 Å². The molecule has 3 N–H and O–H groups in total. The van der Waals surface area contributed by atoms with Gasteiger partial charge < -0.3 is 30.9 Å². The third kappa shape index (κ3) is 6.56. The molecule has 1 fully saturated rings. The van der Waals surface area contributed by atoms with Gasteiger partial charge >= 0.3 is 59.1 Å². The van der Waals surface area contributed by atoms with Crippen LogP contribution in [0, 0.1) is 0 Å². The van der Waals surface area contributed by atoms with Crippen molar-refractivity contribution in [3.05, 3.63) is 32.7 Å². The van der Waals surface area contributed by atoms with Crippen LogP contribution in [0.15, 0.2) is 31.8 Å². The number of carboxylic acid groups (broad SMARTS) is 1. The summed E-state index contributed by atoms with van der Waals surface area (Å²) in [5.41, 5.74) is 4.57.